The molecular formula is C15H14ClFN4O. The minimum absolute atomic E-state index is 0.250. The Morgan fingerprint density at radius 2 is 2.23 bits per heavy atom. The molecule has 0 radical (unpaired) electrons. The number of anilines is 1. The van der Waals surface area contributed by atoms with E-state index in [-0.39, 0.29) is 12.2 Å². The van der Waals surface area contributed by atoms with Gasteiger partial charge in [0.15, 0.2) is 5.76 Å². The van der Waals surface area contributed by atoms with Crippen molar-refractivity contribution in [2.45, 2.75) is 13.5 Å². The summed E-state index contributed by atoms with van der Waals surface area (Å²) in [5.74, 6) is 0.174. The van der Waals surface area contributed by atoms with Crippen LogP contribution in [0.5, 0.6) is 0 Å². The second kappa shape index (κ2) is 5.81. The van der Waals surface area contributed by atoms with Crippen molar-refractivity contribution in [1.29, 1.82) is 0 Å². The standard InChI is InChI=1S/C15H14ClFN4O/c1-9-11(8-19-21(9)2)14-6-10(22-20-14)7-18-15-12(16)4-3-5-13(15)17/h3-6,8,18H,7H2,1-2H3. The maximum absolute atomic E-state index is 13.7. The highest BCUT2D eigenvalue weighted by Crippen LogP contribution is 2.26. The van der Waals surface area contributed by atoms with Gasteiger partial charge in [0.1, 0.15) is 11.5 Å². The lowest BCUT2D eigenvalue weighted by atomic mass is 10.2. The molecule has 0 spiro atoms. The number of para-hydroxylation sites is 1. The summed E-state index contributed by atoms with van der Waals surface area (Å²) in [4.78, 5) is 0. The maximum atomic E-state index is 13.7. The molecule has 0 aliphatic carbocycles. The minimum atomic E-state index is -0.407. The summed E-state index contributed by atoms with van der Waals surface area (Å²) in [5, 5.41) is 11.4. The van der Waals surface area contributed by atoms with Gasteiger partial charge in [0, 0.05) is 24.4 Å². The number of benzene rings is 1. The summed E-state index contributed by atoms with van der Waals surface area (Å²) >= 11 is 5.96. The summed E-state index contributed by atoms with van der Waals surface area (Å²) < 4.78 is 20.7. The summed E-state index contributed by atoms with van der Waals surface area (Å²) in [5.41, 5.74) is 2.84. The van der Waals surface area contributed by atoms with Crippen molar-refractivity contribution in [2.24, 2.45) is 7.05 Å². The molecule has 3 rings (SSSR count). The Labute approximate surface area is 131 Å². The molecule has 0 unspecified atom stereocenters. The molecule has 0 aliphatic rings. The van der Waals surface area contributed by atoms with E-state index in [9.17, 15) is 4.39 Å². The van der Waals surface area contributed by atoms with Crippen molar-refractivity contribution in [3.8, 4) is 11.3 Å². The predicted octanol–water partition coefficient (Wildman–Crippen LogP) is 3.79. The first-order chi connectivity index (χ1) is 10.6. The Balaban J connectivity index is 1.76. The van der Waals surface area contributed by atoms with E-state index in [1.165, 1.54) is 6.07 Å². The van der Waals surface area contributed by atoms with Gasteiger partial charge < -0.3 is 9.84 Å². The van der Waals surface area contributed by atoms with Crippen molar-refractivity contribution in [3.05, 3.63) is 52.8 Å². The molecule has 1 aromatic carbocycles. The van der Waals surface area contributed by atoms with Crippen molar-refractivity contribution in [2.75, 3.05) is 5.32 Å². The number of hydrogen-bond donors (Lipinski definition) is 1. The quantitative estimate of drug-likeness (QED) is 0.794. The molecule has 3 aromatic rings. The largest absolute Gasteiger partial charge is 0.374 e. The van der Waals surface area contributed by atoms with E-state index >= 15 is 0 Å². The molecule has 0 saturated heterocycles. The van der Waals surface area contributed by atoms with E-state index in [0.29, 0.717) is 16.5 Å². The number of hydrogen-bond acceptors (Lipinski definition) is 4. The fourth-order valence-electron chi connectivity index (χ4n) is 2.12. The fourth-order valence-corrected chi connectivity index (χ4v) is 2.35. The summed E-state index contributed by atoms with van der Waals surface area (Å²) in [6.07, 6.45) is 1.73. The Bertz CT molecular complexity index is 791. The second-order valence-electron chi connectivity index (χ2n) is 4.90. The molecule has 0 aliphatic heterocycles. The topological polar surface area (TPSA) is 55.9 Å². The third-order valence-electron chi connectivity index (χ3n) is 3.47. The lowest BCUT2D eigenvalue weighted by molar-refractivity contribution is 0.390. The zero-order valence-electron chi connectivity index (χ0n) is 12.1. The molecule has 22 heavy (non-hydrogen) atoms. The molecule has 0 saturated carbocycles. The molecule has 0 bridgehead atoms. The van der Waals surface area contributed by atoms with E-state index in [1.807, 2.05) is 14.0 Å². The van der Waals surface area contributed by atoms with Crippen LogP contribution in [-0.2, 0) is 13.6 Å². The first-order valence-electron chi connectivity index (χ1n) is 6.68. The lowest BCUT2D eigenvalue weighted by Gasteiger charge is -2.06. The van der Waals surface area contributed by atoms with Gasteiger partial charge in [0.2, 0.25) is 0 Å². The minimum Gasteiger partial charge on any atom is -0.374 e. The predicted molar refractivity (Wildman–Crippen MR) is 82.2 cm³/mol. The molecular weight excluding hydrogens is 307 g/mol. The van der Waals surface area contributed by atoms with Crippen LogP contribution >= 0.6 is 11.6 Å². The van der Waals surface area contributed by atoms with Crippen molar-refractivity contribution in [3.63, 3.8) is 0 Å². The first kappa shape index (κ1) is 14.6. The molecule has 7 heteroatoms. The molecule has 0 amide bonds. The SMILES string of the molecule is Cc1c(-c2cc(CNc3c(F)cccc3Cl)on2)cnn1C. The number of halogens is 2. The summed E-state index contributed by atoms with van der Waals surface area (Å²) in [6, 6.07) is 6.32. The highest BCUT2D eigenvalue weighted by Gasteiger charge is 2.13. The van der Waals surface area contributed by atoms with Crippen LogP contribution in [-0.4, -0.2) is 14.9 Å². The van der Waals surface area contributed by atoms with Crippen LogP contribution < -0.4 is 5.32 Å². The molecule has 114 valence electrons. The van der Waals surface area contributed by atoms with E-state index in [0.717, 1.165) is 11.3 Å². The molecule has 2 heterocycles. The number of nitrogens with zero attached hydrogens (tertiary/aromatic N) is 3. The number of aromatic nitrogens is 3. The molecule has 0 fully saturated rings. The Hall–Kier alpha value is -2.34. The third kappa shape index (κ3) is 2.69. The van der Waals surface area contributed by atoms with Gasteiger partial charge in [0.05, 0.1) is 23.5 Å². The van der Waals surface area contributed by atoms with Gasteiger partial charge >= 0.3 is 0 Å². The molecule has 0 atom stereocenters. The van der Waals surface area contributed by atoms with Crippen molar-refractivity contribution < 1.29 is 8.91 Å². The van der Waals surface area contributed by atoms with Gasteiger partial charge in [-0.2, -0.15) is 5.10 Å². The molecule has 2 aromatic heterocycles. The van der Waals surface area contributed by atoms with Crippen LogP contribution in [0.3, 0.4) is 0 Å². The van der Waals surface area contributed by atoms with Crippen LogP contribution in [0.1, 0.15) is 11.5 Å². The Morgan fingerprint density at radius 3 is 2.91 bits per heavy atom. The molecule has 1 N–H and O–H groups in total. The monoisotopic (exact) mass is 320 g/mol. The van der Waals surface area contributed by atoms with Crippen LogP contribution in [0, 0.1) is 12.7 Å². The summed E-state index contributed by atoms with van der Waals surface area (Å²) in [6.45, 7) is 2.24. The zero-order chi connectivity index (χ0) is 15.7. The average molecular weight is 321 g/mol. The van der Waals surface area contributed by atoms with Crippen LogP contribution in [0.15, 0.2) is 35.0 Å². The van der Waals surface area contributed by atoms with E-state index in [1.54, 1.807) is 29.1 Å². The average Bonchev–Trinajstić information content (AvgIpc) is 3.07. The van der Waals surface area contributed by atoms with Gasteiger partial charge in [-0.15, -0.1) is 0 Å². The van der Waals surface area contributed by atoms with Crippen LogP contribution in [0.4, 0.5) is 10.1 Å². The van der Waals surface area contributed by atoms with Gasteiger partial charge in [-0.1, -0.05) is 22.8 Å². The zero-order valence-corrected chi connectivity index (χ0v) is 12.9. The number of rotatable bonds is 4. The third-order valence-corrected chi connectivity index (χ3v) is 3.79. The van der Waals surface area contributed by atoms with Crippen molar-refractivity contribution in [1.82, 2.24) is 14.9 Å². The highest BCUT2D eigenvalue weighted by molar-refractivity contribution is 6.33. The van der Waals surface area contributed by atoms with E-state index in [4.69, 9.17) is 16.1 Å². The van der Waals surface area contributed by atoms with Gasteiger partial charge in [-0.25, -0.2) is 4.39 Å². The van der Waals surface area contributed by atoms with E-state index < -0.39 is 5.82 Å². The fraction of sp³-hybridized carbons (Fsp3) is 0.200. The smallest absolute Gasteiger partial charge is 0.156 e. The Kier molecular flexibility index (Phi) is 3.85. The second-order valence-corrected chi connectivity index (χ2v) is 5.30. The van der Waals surface area contributed by atoms with Crippen molar-refractivity contribution >= 4 is 17.3 Å². The molecule has 5 nitrogen and oxygen atoms in total. The first-order valence-corrected chi connectivity index (χ1v) is 7.06. The van der Waals surface area contributed by atoms with Crippen LogP contribution in [0.25, 0.3) is 11.3 Å². The number of nitrogens with one attached hydrogen (secondary N) is 1. The highest BCUT2D eigenvalue weighted by atomic mass is 35.5. The Morgan fingerprint density at radius 1 is 1.41 bits per heavy atom. The normalized spacial score (nSPS) is 10.9. The van der Waals surface area contributed by atoms with Gasteiger partial charge in [-0.05, 0) is 19.1 Å². The van der Waals surface area contributed by atoms with Crippen LogP contribution in [0.2, 0.25) is 5.02 Å². The maximum Gasteiger partial charge on any atom is 0.156 e. The van der Waals surface area contributed by atoms with E-state index in [2.05, 4.69) is 15.6 Å². The van der Waals surface area contributed by atoms with Gasteiger partial charge in [-0.3, -0.25) is 4.68 Å². The lowest BCUT2D eigenvalue weighted by Crippen LogP contribution is -2.01. The number of aryl methyl sites for hydroxylation is 1. The van der Waals surface area contributed by atoms with Gasteiger partial charge in [0.25, 0.3) is 0 Å². The summed E-state index contributed by atoms with van der Waals surface area (Å²) in [7, 11) is 1.86.